The van der Waals surface area contributed by atoms with Gasteiger partial charge < -0.3 is 4.74 Å². The number of nitrogens with zero attached hydrogens (tertiary/aromatic N) is 2. The maximum atomic E-state index is 11.9. The molecule has 8 heteroatoms. The Bertz CT molecular complexity index is 429. The van der Waals surface area contributed by atoms with Gasteiger partial charge in [-0.25, -0.2) is 4.98 Å². The van der Waals surface area contributed by atoms with Gasteiger partial charge in [-0.05, 0) is 44.6 Å². The third-order valence-corrected chi connectivity index (χ3v) is 3.62. The Hall–Kier alpha value is -0.560. The normalized spacial score (nSPS) is 10.9. The lowest BCUT2D eigenvalue weighted by Crippen LogP contribution is -2.19. The van der Waals surface area contributed by atoms with Gasteiger partial charge in [0.15, 0.2) is 0 Å². The average Bonchev–Trinajstić information content (AvgIpc) is 2.10. The molecule has 15 heavy (non-hydrogen) atoms. The highest BCUT2D eigenvalue weighted by atomic mass is 127. The lowest BCUT2D eigenvalue weighted by Gasteiger charge is -2.10. The van der Waals surface area contributed by atoms with Gasteiger partial charge in [0.2, 0.25) is 5.88 Å². The highest BCUT2D eigenvalue weighted by molar-refractivity contribution is 14.1. The zero-order chi connectivity index (χ0) is 11.6. The smallest absolute Gasteiger partial charge is 0.387 e. The standard InChI is InChI=1S/C7HBrF3IN2O/c8-4-1-3(2-13)14-6(5(4)12)15-7(9,10)11/h1H. The van der Waals surface area contributed by atoms with Crippen molar-refractivity contribution in [3.63, 3.8) is 0 Å². The highest BCUT2D eigenvalue weighted by Crippen LogP contribution is 2.31. The van der Waals surface area contributed by atoms with E-state index in [9.17, 15) is 13.2 Å². The van der Waals surface area contributed by atoms with Gasteiger partial charge in [-0.15, -0.1) is 13.2 Å². The van der Waals surface area contributed by atoms with Crippen LogP contribution in [0.2, 0.25) is 0 Å². The number of halogens is 5. The number of alkyl halides is 3. The first-order chi connectivity index (χ1) is 6.83. The van der Waals surface area contributed by atoms with Crippen LogP contribution in [0.5, 0.6) is 5.88 Å². The van der Waals surface area contributed by atoms with Gasteiger partial charge in [0.25, 0.3) is 0 Å². The average molecular weight is 393 g/mol. The minimum Gasteiger partial charge on any atom is -0.387 e. The van der Waals surface area contributed by atoms with Crippen molar-refractivity contribution < 1.29 is 17.9 Å². The fraction of sp³-hybridized carbons (Fsp3) is 0.143. The summed E-state index contributed by atoms with van der Waals surface area (Å²) >= 11 is 4.63. The monoisotopic (exact) mass is 392 g/mol. The zero-order valence-corrected chi connectivity index (χ0v) is 10.5. The Morgan fingerprint density at radius 1 is 1.53 bits per heavy atom. The van der Waals surface area contributed by atoms with E-state index in [1.54, 1.807) is 28.7 Å². The van der Waals surface area contributed by atoms with Crippen LogP contribution in [0.15, 0.2) is 10.5 Å². The first-order valence-corrected chi connectivity index (χ1v) is 5.22. The molecular formula is C7HBrF3IN2O. The van der Waals surface area contributed by atoms with Gasteiger partial charge in [0, 0.05) is 4.47 Å². The molecule has 0 aliphatic carbocycles. The van der Waals surface area contributed by atoms with E-state index in [0.717, 1.165) is 0 Å². The van der Waals surface area contributed by atoms with Gasteiger partial charge in [-0.1, -0.05) is 0 Å². The van der Waals surface area contributed by atoms with Gasteiger partial charge >= 0.3 is 6.36 Å². The van der Waals surface area contributed by atoms with Crippen LogP contribution in [-0.4, -0.2) is 11.3 Å². The number of hydrogen-bond acceptors (Lipinski definition) is 3. The largest absolute Gasteiger partial charge is 0.574 e. The summed E-state index contributed by atoms with van der Waals surface area (Å²) in [7, 11) is 0. The zero-order valence-electron chi connectivity index (χ0n) is 6.77. The molecule has 80 valence electrons. The van der Waals surface area contributed by atoms with Crippen LogP contribution in [0.25, 0.3) is 0 Å². The molecule has 1 aromatic rings. The fourth-order valence-corrected chi connectivity index (χ4v) is 1.48. The predicted molar refractivity (Wildman–Crippen MR) is 56.1 cm³/mol. The molecule has 0 bridgehead atoms. The summed E-state index contributed by atoms with van der Waals surface area (Å²) in [6.07, 6.45) is -4.82. The molecule has 0 spiro atoms. The van der Waals surface area contributed by atoms with Gasteiger partial charge in [0.05, 0.1) is 3.57 Å². The van der Waals surface area contributed by atoms with Crippen LogP contribution in [-0.2, 0) is 0 Å². The molecule has 0 aliphatic heterocycles. The van der Waals surface area contributed by atoms with Crippen LogP contribution in [0.1, 0.15) is 5.69 Å². The summed E-state index contributed by atoms with van der Waals surface area (Å²) in [5.41, 5.74) is -0.151. The van der Waals surface area contributed by atoms with E-state index in [4.69, 9.17) is 5.26 Å². The molecule has 0 radical (unpaired) electrons. The molecule has 0 N–H and O–H groups in total. The summed E-state index contributed by atoms with van der Waals surface area (Å²) in [5, 5.41) is 8.50. The molecule has 1 heterocycles. The number of aromatic nitrogens is 1. The molecule has 0 aromatic carbocycles. The van der Waals surface area contributed by atoms with Gasteiger partial charge in [-0.3, -0.25) is 0 Å². The van der Waals surface area contributed by atoms with Crippen LogP contribution in [0.4, 0.5) is 13.2 Å². The number of rotatable bonds is 1. The molecule has 0 unspecified atom stereocenters. The van der Waals surface area contributed by atoms with Crippen molar-refractivity contribution >= 4 is 38.5 Å². The SMILES string of the molecule is N#Cc1cc(Br)c(I)c(OC(F)(F)F)n1. The lowest BCUT2D eigenvalue weighted by molar-refractivity contribution is -0.276. The third-order valence-electron chi connectivity index (χ3n) is 1.21. The molecule has 0 aliphatic rings. The fourth-order valence-electron chi connectivity index (χ4n) is 0.711. The van der Waals surface area contributed by atoms with Crippen LogP contribution in [0, 0.1) is 14.9 Å². The summed E-state index contributed by atoms with van der Waals surface area (Å²) in [4.78, 5) is 3.40. The lowest BCUT2D eigenvalue weighted by atomic mass is 10.4. The van der Waals surface area contributed by atoms with Crippen molar-refractivity contribution in [1.82, 2.24) is 4.98 Å². The minimum absolute atomic E-state index is 0.151. The number of hydrogen-bond donors (Lipinski definition) is 0. The Labute approximate surface area is 105 Å². The third kappa shape index (κ3) is 3.49. The summed E-state index contributed by atoms with van der Waals surface area (Å²) in [5.74, 6) is -0.631. The molecule has 1 rings (SSSR count). The van der Waals surface area contributed by atoms with Crippen molar-refractivity contribution in [2.75, 3.05) is 0 Å². The topological polar surface area (TPSA) is 45.9 Å². The van der Waals surface area contributed by atoms with E-state index in [-0.39, 0.29) is 9.26 Å². The molecule has 0 fully saturated rings. The predicted octanol–water partition coefficient (Wildman–Crippen LogP) is 3.22. The summed E-state index contributed by atoms with van der Waals surface area (Å²) < 4.78 is 39.9. The van der Waals surface area contributed by atoms with E-state index < -0.39 is 12.2 Å². The second-order valence-corrected chi connectivity index (χ2v) is 4.20. The van der Waals surface area contributed by atoms with Gasteiger partial charge in [-0.2, -0.15) is 5.26 Å². The summed E-state index contributed by atoms with van der Waals surface area (Å²) in [6, 6.07) is 2.94. The van der Waals surface area contributed by atoms with E-state index in [0.29, 0.717) is 4.47 Å². The van der Waals surface area contributed by atoms with Crippen LogP contribution < -0.4 is 4.74 Å². The van der Waals surface area contributed by atoms with E-state index in [1.807, 2.05) is 0 Å². The van der Waals surface area contributed by atoms with Crippen molar-refractivity contribution in [1.29, 1.82) is 5.26 Å². The minimum atomic E-state index is -4.82. The van der Waals surface area contributed by atoms with E-state index in [1.165, 1.54) is 6.07 Å². The first kappa shape index (κ1) is 12.5. The highest BCUT2D eigenvalue weighted by Gasteiger charge is 2.33. The second kappa shape index (κ2) is 4.52. The van der Waals surface area contributed by atoms with Crippen molar-refractivity contribution in [2.45, 2.75) is 6.36 Å². The Morgan fingerprint density at radius 3 is 2.60 bits per heavy atom. The van der Waals surface area contributed by atoms with Crippen molar-refractivity contribution in [3.05, 3.63) is 19.8 Å². The van der Waals surface area contributed by atoms with Gasteiger partial charge in [0.1, 0.15) is 11.8 Å². The van der Waals surface area contributed by atoms with Crippen molar-refractivity contribution in [3.8, 4) is 11.9 Å². The van der Waals surface area contributed by atoms with Crippen LogP contribution in [0.3, 0.4) is 0 Å². The van der Waals surface area contributed by atoms with Crippen molar-refractivity contribution in [2.24, 2.45) is 0 Å². The number of ether oxygens (including phenoxy) is 1. The number of pyridine rings is 1. The Balaban J connectivity index is 3.18. The molecule has 0 atom stereocenters. The maximum Gasteiger partial charge on any atom is 0.574 e. The second-order valence-electron chi connectivity index (χ2n) is 2.27. The molecular weight excluding hydrogens is 392 g/mol. The molecule has 0 saturated carbocycles. The first-order valence-electron chi connectivity index (χ1n) is 3.35. The Kier molecular flexibility index (Phi) is 3.77. The summed E-state index contributed by atoms with van der Waals surface area (Å²) in [6.45, 7) is 0. The van der Waals surface area contributed by atoms with Crippen LogP contribution >= 0.6 is 38.5 Å². The molecule has 0 amide bonds. The number of nitriles is 1. The molecule has 3 nitrogen and oxygen atoms in total. The quantitative estimate of drug-likeness (QED) is 0.689. The van der Waals surface area contributed by atoms with E-state index >= 15 is 0 Å². The molecule has 1 aromatic heterocycles. The molecule has 0 saturated heterocycles. The van der Waals surface area contributed by atoms with E-state index in [2.05, 4.69) is 25.7 Å². The Morgan fingerprint density at radius 2 is 2.13 bits per heavy atom. The maximum absolute atomic E-state index is 11.9.